The van der Waals surface area contributed by atoms with Crippen LogP contribution in [0.25, 0.3) is 11.1 Å². The highest BCUT2D eigenvalue weighted by Gasteiger charge is 2.44. The molecule has 1 fully saturated rings. The standard InChI is InChI=1S/C25H29N5O2/c1-3-27-24(32)25(12-7-15-30(18-25)23(31)22-11-14-28-29(22)2)16-19-8-4-5-10-21(19)20-9-6-13-26-17-20/h4-6,8-11,13-14,17H,3,7,12,15-16,18H2,1-2H3,(H,27,32)/t25-/m0/s1. The van der Waals surface area contributed by atoms with Crippen LogP contribution in [0.5, 0.6) is 0 Å². The number of aryl methyl sites for hydroxylation is 1. The molecule has 2 aromatic heterocycles. The summed E-state index contributed by atoms with van der Waals surface area (Å²) < 4.78 is 1.59. The van der Waals surface area contributed by atoms with Gasteiger partial charge in [0, 0.05) is 50.8 Å². The van der Waals surface area contributed by atoms with Gasteiger partial charge in [0.15, 0.2) is 0 Å². The number of carbonyl (C=O) groups excluding carboxylic acids is 2. The predicted molar refractivity (Wildman–Crippen MR) is 123 cm³/mol. The second kappa shape index (κ2) is 9.34. The molecule has 3 aromatic rings. The Kier molecular flexibility index (Phi) is 6.35. The molecule has 0 aliphatic carbocycles. The number of likely N-dealkylation sites (tertiary alicyclic amines) is 1. The van der Waals surface area contributed by atoms with E-state index >= 15 is 0 Å². The molecule has 3 heterocycles. The van der Waals surface area contributed by atoms with Gasteiger partial charge in [0.25, 0.3) is 5.91 Å². The molecule has 0 saturated carbocycles. The normalized spacial score (nSPS) is 18.4. The van der Waals surface area contributed by atoms with E-state index < -0.39 is 5.41 Å². The highest BCUT2D eigenvalue weighted by Crippen LogP contribution is 2.37. The van der Waals surface area contributed by atoms with E-state index in [-0.39, 0.29) is 11.8 Å². The van der Waals surface area contributed by atoms with Gasteiger partial charge in [-0.2, -0.15) is 5.10 Å². The van der Waals surface area contributed by atoms with Crippen LogP contribution in [0.1, 0.15) is 35.8 Å². The summed E-state index contributed by atoms with van der Waals surface area (Å²) in [6, 6.07) is 13.8. The number of carbonyl (C=O) groups is 2. The molecule has 0 spiro atoms. The zero-order valence-corrected chi connectivity index (χ0v) is 18.6. The van der Waals surface area contributed by atoms with Gasteiger partial charge in [-0.15, -0.1) is 0 Å². The monoisotopic (exact) mass is 431 g/mol. The number of hydrogen-bond donors (Lipinski definition) is 1. The van der Waals surface area contributed by atoms with Crippen molar-refractivity contribution in [2.75, 3.05) is 19.6 Å². The van der Waals surface area contributed by atoms with Crippen LogP contribution in [-0.2, 0) is 18.3 Å². The molecule has 1 N–H and O–H groups in total. The average Bonchev–Trinajstić information content (AvgIpc) is 3.25. The number of piperidine rings is 1. The number of pyridine rings is 1. The Morgan fingerprint density at radius 1 is 1.12 bits per heavy atom. The Labute approximate surface area is 188 Å². The maximum atomic E-state index is 13.4. The van der Waals surface area contributed by atoms with Gasteiger partial charge in [0.2, 0.25) is 5.91 Å². The van der Waals surface area contributed by atoms with Crippen LogP contribution in [0.3, 0.4) is 0 Å². The van der Waals surface area contributed by atoms with Crippen molar-refractivity contribution in [2.24, 2.45) is 12.5 Å². The van der Waals surface area contributed by atoms with Gasteiger partial charge >= 0.3 is 0 Å². The Morgan fingerprint density at radius 3 is 2.69 bits per heavy atom. The van der Waals surface area contributed by atoms with Crippen molar-refractivity contribution < 1.29 is 9.59 Å². The van der Waals surface area contributed by atoms with Crippen molar-refractivity contribution in [3.8, 4) is 11.1 Å². The third kappa shape index (κ3) is 4.28. The number of aromatic nitrogens is 3. The third-order valence-electron chi connectivity index (χ3n) is 6.24. The van der Waals surface area contributed by atoms with E-state index in [0.29, 0.717) is 31.7 Å². The molecule has 1 saturated heterocycles. The minimum Gasteiger partial charge on any atom is -0.356 e. The van der Waals surface area contributed by atoms with Crippen LogP contribution in [0, 0.1) is 5.41 Å². The minimum atomic E-state index is -0.694. The van der Waals surface area contributed by atoms with E-state index in [0.717, 1.165) is 29.5 Å². The fourth-order valence-corrected chi connectivity index (χ4v) is 4.65. The molecule has 32 heavy (non-hydrogen) atoms. The lowest BCUT2D eigenvalue weighted by Crippen LogP contribution is -2.54. The molecule has 1 aliphatic rings. The van der Waals surface area contributed by atoms with Gasteiger partial charge in [-0.25, -0.2) is 0 Å². The zero-order valence-electron chi connectivity index (χ0n) is 18.6. The van der Waals surface area contributed by atoms with Crippen molar-refractivity contribution in [3.63, 3.8) is 0 Å². The van der Waals surface area contributed by atoms with Gasteiger partial charge in [-0.3, -0.25) is 19.3 Å². The molecule has 1 aromatic carbocycles. The predicted octanol–water partition coefficient (Wildman–Crippen LogP) is 3.08. The molecular weight excluding hydrogens is 402 g/mol. The smallest absolute Gasteiger partial charge is 0.272 e. The van der Waals surface area contributed by atoms with Gasteiger partial charge in [0.1, 0.15) is 5.69 Å². The largest absolute Gasteiger partial charge is 0.356 e. The van der Waals surface area contributed by atoms with Crippen LogP contribution in [0.15, 0.2) is 61.1 Å². The summed E-state index contributed by atoms with van der Waals surface area (Å²) in [6.45, 7) is 3.50. The second-order valence-corrected chi connectivity index (χ2v) is 8.39. The fraction of sp³-hybridized carbons (Fsp3) is 0.360. The van der Waals surface area contributed by atoms with Crippen molar-refractivity contribution in [3.05, 3.63) is 72.3 Å². The van der Waals surface area contributed by atoms with Gasteiger partial charge < -0.3 is 10.2 Å². The molecule has 0 bridgehead atoms. The SMILES string of the molecule is CCNC(=O)[C@]1(Cc2ccccc2-c2cccnc2)CCCN(C(=O)c2ccnn2C)C1. The van der Waals surface area contributed by atoms with Crippen molar-refractivity contribution in [1.82, 2.24) is 25.0 Å². The van der Waals surface area contributed by atoms with E-state index in [4.69, 9.17) is 0 Å². The summed E-state index contributed by atoms with van der Waals surface area (Å²) in [4.78, 5) is 32.7. The summed E-state index contributed by atoms with van der Waals surface area (Å²) in [5.74, 6) is -0.0811. The van der Waals surface area contributed by atoms with Crippen LogP contribution < -0.4 is 5.32 Å². The van der Waals surface area contributed by atoms with Crippen LogP contribution in [0.4, 0.5) is 0 Å². The molecule has 1 atom stereocenters. The first kappa shape index (κ1) is 21.7. The number of benzene rings is 1. The Hall–Kier alpha value is -3.48. The third-order valence-corrected chi connectivity index (χ3v) is 6.24. The summed E-state index contributed by atoms with van der Waals surface area (Å²) in [6.07, 6.45) is 7.28. The lowest BCUT2D eigenvalue weighted by atomic mass is 9.73. The molecule has 2 amide bonds. The number of hydrogen-bond acceptors (Lipinski definition) is 4. The maximum Gasteiger partial charge on any atom is 0.272 e. The quantitative estimate of drug-likeness (QED) is 0.650. The zero-order chi connectivity index (χ0) is 22.6. The molecule has 0 radical (unpaired) electrons. The second-order valence-electron chi connectivity index (χ2n) is 8.39. The van der Waals surface area contributed by atoms with Crippen molar-refractivity contribution in [1.29, 1.82) is 0 Å². The molecule has 166 valence electrons. The van der Waals surface area contributed by atoms with Crippen LogP contribution in [0.2, 0.25) is 0 Å². The average molecular weight is 432 g/mol. The lowest BCUT2D eigenvalue weighted by Gasteiger charge is -2.42. The first-order valence-corrected chi connectivity index (χ1v) is 11.1. The fourth-order valence-electron chi connectivity index (χ4n) is 4.65. The van der Waals surface area contributed by atoms with E-state index in [1.165, 1.54) is 0 Å². The molecule has 7 nitrogen and oxygen atoms in total. The molecule has 1 aliphatic heterocycles. The molecule has 4 rings (SSSR count). The van der Waals surface area contributed by atoms with Gasteiger partial charge in [-0.1, -0.05) is 30.3 Å². The first-order chi connectivity index (χ1) is 15.5. The van der Waals surface area contributed by atoms with Crippen LogP contribution in [-0.4, -0.2) is 51.1 Å². The van der Waals surface area contributed by atoms with E-state index in [1.54, 1.807) is 30.2 Å². The maximum absolute atomic E-state index is 13.4. The minimum absolute atomic E-state index is 0.00324. The van der Waals surface area contributed by atoms with E-state index in [1.807, 2.05) is 42.3 Å². The summed E-state index contributed by atoms with van der Waals surface area (Å²) in [7, 11) is 1.76. The van der Waals surface area contributed by atoms with Crippen molar-refractivity contribution >= 4 is 11.8 Å². The Morgan fingerprint density at radius 2 is 1.97 bits per heavy atom. The summed E-state index contributed by atoms with van der Waals surface area (Å²) >= 11 is 0. The highest BCUT2D eigenvalue weighted by molar-refractivity contribution is 5.93. The number of amides is 2. The van der Waals surface area contributed by atoms with Crippen molar-refractivity contribution in [2.45, 2.75) is 26.2 Å². The molecular formula is C25H29N5O2. The lowest BCUT2D eigenvalue weighted by molar-refractivity contribution is -0.133. The number of rotatable bonds is 6. The van der Waals surface area contributed by atoms with Gasteiger partial charge in [-0.05, 0) is 49.4 Å². The summed E-state index contributed by atoms with van der Waals surface area (Å²) in [5.41, 5.74) is 3.02. The molecule has 0 unspecified atom stereocenters. The summed E-state index contributed by atoms with van der Waals surface area (Å²) in [5, 5.41) is 7.16. The number of nitrogens with one attached hydrogen (secondary N) is 1. The Balaban J connectivity index is 1.69. The van der Waals surface area contributed by atoms with E-state index in [2.05, 4.69) is 27.5 Å². The Bertz CT molecular complexity index is 1090. The van der Waals surface area contributed by atoms with Crippen LogP contribution >= 0.6 is 0 Å². The van der Waals surface area contributed by atoms with Gasteiger partial charge in [0.05, 0.1) is 5.41 Å². The topological polar surface area (TPSA) is 80.1 Å². The number of nitrogens with zero attached hydrogens (tertiary/aromatic N) is 4. The first-order valence-electron chi connectivity index (χ1n) is 11.1. The van der Waals surface area contributed by atoms with E-state index in [9.17, 15) is 9.59 Å². The highest BCUT2D eigenvalue weighted by atomic mass is 16.2. The molecule has 7 heteroatoms.